The lowest BCUT2D eigenvalue weighted by atomic mass is 10.2. The summed E-state index contributed by atoms with van der Waals surface area (Å²) in [6.45, 7) is 5.71. The normalized spacial score (nSPS) is 13.5. The molecule has 0 radical (unpaired) electrons. The fourth-order valence-corrected chi connectivity index (χ4v) is 3.57. The Morgan fingerprint density at radius 2 is 2.06 bits per heavy atom. The van der Waals surface area contributed by atoms with Gasteiger partial charge in [0.2, 0.25) is 10.0 Å². The summed E-state index contributed by atoms with van der Waals surface area (Å²) in [5.41, 5.74) is 6.73. The average molecular weight is 270 g/mol. The van der Waals surface area contributed by atoms with Gasteiger partial charge in [0.05, 0.1) is 5.69 Å². The van der Waals surface area contributed by atoms with Crippen molar-refractivity contribution >= 4 is 15.7 Å². The summed E-state index contributed by atoms with van der Waals surface area (Å²) >= 11 is 0. The van der Waals surface area contributed by atoms with E-state index >= 15 is 0 Å². The van der Waals surface area contributed by atoms with Crippen molar-refractivity contribution in [2.24, 2.45) is 0 Å². The summed E-state index contributed by atoms with van der Waals surface area (Å²) in [5.74, 6) is 0. The second-order valence-electron chi connectivity index (χ2n) is 4.66. The van der Waals surface area contributed by atoms with Crippen LogP contribution in [-0.4, -0.2) is 14.5 Å². The predicted molar refractivity (Wildman–Crippen MR) is 74.9 cm³/mol. The van der Waals surface area contributed by atoms with Crippen LogP contribution >= 0.6 is 0 Å². The van der Waals surface area contributed by atoms with Crippen molar-refractivity contribution in [2.75, 3.05) is 5.73 Å². The highest BCUT2D eigenvalue weighted by atomic mass is 32.2. The molecule has 5 heteroatoms. The van der Waals surface area contributed by atoms with Crippen LogP contribution in [0, 0.1) is 6.92 Å². The molecule has 0 aliphatic heterocycles. The molecule has 1 aromatic carbocycles. The Bertz CT molecular complexity index is 477. The van der Waals surface area contributed by atoms with Gasteiger partial charge in [-0.3, -0.25) is 0 Å². The summed E-state index contributed by atoms with van der Waals surface area (Å²) in [7, 11) is -3.53. The molecule has 0 aliphatic rings. The van der Waals surface area contributed by atoms with Crippen LogP contribution < -0.4 is 10.5 Å². The van der Waals surface area contributed by atoms with Gasteiger partial charge in [-0.2, -0.15) is 0 Å². The Morgan fingerprint density at radius 1 is 1.39 bits per heavy atom. The highest BCUT2D eigenvalue weighted by molar-refractivity contribution is 7.89. The summed E-state index contributed by atoms with van der Waals surface area (Å²) in [6, 6.07) is 5.04. The van der Waals surface area contributed by atoms with Crippen LogP contribution in [0.5, 0.6) is 0 Å². The maximum absolute atomic E-state index is 12.3. The van der Waals surface area contributed by atoms with Crippen LogP contribution in [0.25, 0.3) is 0 Å². The van der Waals surface area contributed by atoms with Gasteiger partial charge < -0.3 is 5.73 Å². The zero-order chi connectivity index (χ0) is 13.8. The number of nitrogen functional groups attached to an aromatic ring is 1. The maximum atomic E-state index is 12.3. The van der Waals surface area contributed by atoms with Crippen LogP contribution in [-0.2, 0) is 10.0 Å². The summed E-state index contributed by atoms with van der Waals surface area (Å²) < 4.78 is 27.2. The molecule has 1 atom stereocenters. The first-order chi connectivity index (χ1) is 8.38. The molecule has 0 heterocycles. The topological polar surface area (TPSA) is 72.2 Å². The lowest BCUT2D eigenvalue weighted by molar-refractivity contribution is 0.534. The van der Waals surface area contributed by atoms with Crippen LogP contribution in [0.1, 0.15) is 38.7 Å². The molecule has 1 aromatic rings. The largest absolute Gasteiger partial charge is 0.398 e. The molecule has 3 N–H and O–H groups in total. The van der Waals surface area contributed by atoms with Crippen LogP contribution in [0.2, 0.25) is 0 Å². The molecule has 18 heavy (non-hydrogen) atoms. The molecule has 0 aliphatic carbocycles. The number of nitrogens with two attached hydrogens (primary N) is 1. The molecule has 0 aromatic heterocycles. The van der Waals surface area contributed by atoms with Gasteiger partial charge in [-0.15, -0.1) is 0 Å². The number of rotatable bonds is 6. The molecule has 4 nitrogen and oxygen atoms in total. The van der Waals surface area contributed by atoms with E-state index in [1.807, 2.05) is 6.92 Å². The van der Waals surface area contributed by atoms with Crippen molar-refractivity contribution in [3.05, 3.63) is 23.8 Å². The lowest BCUT2D eigenvalue weighted by Crippen LogP contribution is -2.33. The molecular formula is C13H22N2O2S. The van der Waals surface area contributed by atoms with E-state index in [0.29, 0.717) is 11.3 Å². The molecular weight excluding hydrogens is 248 g/mol. The van der Waals surface area contributed by atoms with E-state index in [2.05, 4.69) is 11.6 Å². The first-order valence-electron chi connectivity index (χ1n) is 6.26. The number of sulfonamides is 1. The molecule has 0 amide bonds. The first kappa shape index (κ1) is 15.0. The van der Waals surface area contributed by atoms with E-state index in [0.717, 1.165) is 19.3 Å². The number of nitrogens with one attached hydrogen (secondary N) is 1. The quantitative estimate of drug-likeness (QED) is 0.780. The van der Waals surface area contributed by atoms with Crippen molar-refractivity contribution in [2.45, 2.75) is 51.0 Å². The summed E-state index contributed by atoms with van der Waals surface area (Å²) in [6.07, 6.45) is 2.90. The lowest BCUT2D eigenvalue weighted by Gasteiger charge is -2.16. The number of hydrogen-bond acceptors (Lipinski definition) is 3. The molecule has 1 unspecified atom stereocenters. The van der Waals surface area contributed by atoms with E-state index in [9.17, 15) is 8.42 Å². The van der Waals surface area contributed by atoms with Crippen molar-refractivity contribution in [1.29, 1.82) is 0 Å². The van der Waals surface area contributed by atoms with Crippen molar-refractivity contribution in [1.82, 2.24) is 4.72 Å². The minimum absolute atomic E-state index is 0.0750. The van der Waals surface area contributed by atoms with Crippen molar-refractivity contribution in [3.8, 4) is 0 Å². The minimum Gasteiger partial charge on any atom is -0.398 e. The van der Waals surface area contributed by atoms with Crippen molar-refractivity contribution in [3.63, 3.8) is 0 Å². The third-order valence-electron chi connectivity index (χ3n) is 2.86. The minimum atomic E-state index is -3.53. The highest BCUT2D eigenvalue weighted by Gasteiger charge is 2.21. The monoisotopic (exact) mass is 270 g/mol. The molecule has 0 bridgehead atoms. The first-order valence-corrected chi connectivity index (χ1v) is 7.74. The highest BCUT2D eigenvalue weighted by Crippen LogP contribution is 2.22. The number of anilines is 1. The van der Waals surface area contributed by atoms with Gasteiger partial charge in [-0.1, -0.05) is 31.9 Å². The van der Waals surface area contributed by atoms with E-state index < -0.39 is 10.0 Å². The van der Waals surface area contributed by atoms with Gasteiger partial charge in [0, 0.05) is 6.04 Å². The Balaban J connectivity index is 2.93. The van der Waals surface area contributed by atoms with E-state index in [1.54, 1.807) is 25.1 Å². The smallest absolute Gasteiger partial charge is 0.243 e. The standard InChI is InChI=1S/C13H22N2O2S/c1-4-5-8-11(3)15-18(16,17)13-10(2)7-6-9-12(13)14/h6-7,9,11,15H,4-5,8,14H2,1-3H3. The third kappa shape index (κ3) is 3.71. The summed E-state index contributed by atoms with van der Waals surface area (Å²) in [5, 5.41) is 0. The zero-order valence-corrected chi connectivity index (χ0v) is 12.0. The molecule has 1 rings (SSSR count). The van der Waals surface area contributed by atoms with Crippen LogP contribution in [0.4, 0.5) is 5.69 Å². The SMILES string of the molecule is CCCCC(C)NS(=O)(=O)c1c(C)cccc1N. The van der Waals surface area contributed by atoms with Gasteiger partial charge in [0.15, 0.2) is 0 Å². The predicted octanol–water partition coefficient (Wildman–Crippen LogP) is 2.43. The van der Waals surface area contributed by atoms with Gasteiger partial charge in [-0.05, 0) is 31.9 Å². The van der Waals surface area contributed by atoms with E-state index in [1.165, 1.54) is 0 Å². The van der Waals surface area contributed by atoms with Crippen LogP contribution in [0.3, 0.4) is 0 Å². The van der Waals surface area contributed by atoms with Gasteiger partial charge in [0.1, 0.15) is 4.90 Å². The molecule has 0 spiro atoms. The molecule has 0 fully saturated rings. The van der Waals surface area contributed by atoms with Crippen molar-refractivity contribution < 1.29 is 8.42 Å². The number of unbranched alkanes of at least 4 members (excludes halogenated alkanes) is 1. The van der Waals surface area contributed by atoms with Gasteiger partial charge >= 0.3 is 0 Å². The number of aryl methyl sites for hydroxylation is 1. The molecule has 0 saturated heterocycles. The molecule has 102 valence electrons. The fraction of sp³-hybridized carbons (Fsp3) is 0.538. The Labute approximate surface area is 110 Å². The molecule has 0 saturated carbocycles. The Morgan fingerprint density at radius 3 is 2.61 bits per heavy atom. The zero-order valence-electron chi connectivity index (χ0n) is 11.2. The Hall–Kier alpha value is -1.07. The number of hydrogen-bond donors (Lipinski definition) is 2. The average Bonchev–Trinajstić information content (AvgIpc) is 2.25. The second-order valence-corrected chi connectivity index (χ2v) is 6.31. The second kappa shape index (κ2) is 6.20. The van der Waals surface area contributed by atoms with E-state index in [-0.39, 0.29) is 10.9 Å². The summed E-state index contributed by atoms with van der Waals surface area (Å²) in [4.78, 5) is 0.202. The van der Waals surface area contributed by atoms with E-state index in [4.69, 9.17) is 5.73 Å². The fourth-order valence-electron chi connectivity index (χ4n) is 1.94. The number of benzene rings is 1. The van der Waals surface area contributed by atoms with Crippen LogP contribution in [0.15, 0.2) is 23.1 Å². The van der Waals surface area contributed by atoms with Gasteiger partial charge in [-0.25, -0.2) is 13.1 Å². The Kier molecular flexibility index (Phi) is 5.16. The third-order valence-corrected chi connectivity index (χ3v) is 4.67. The van der Waals surface area contributed by atoms with Gasteiger partial charge in [0.25, 0.3) is 0 Å². The maximum Gasteiger partial charge on any atom is 0.243 e.